The Labute approximate surface area is 104 Å². The molecular formula is C12H11ClFN3. The van der Waals surface area contributed by atoms with Gasteiger partial charge in [-0.05, 0) is 38.1 Å². The van der Waals surface area contributed by atoms with Gasteiger partial charge in [0, 0.05) is 5.69 Å². The van der Waals surface area contributed by atoms with Crippen LogP contribution in [0.3, 0.4) is 0 Å². The number of hydrogen-bond donors (Lipinski definition) is 1. The van der Waals surface area contributed by atoms with E-state index in [-0.39, 0.29) is 5.82 Å². The van der Waals surface area contributed by atoms with Crippen LogP contribution in [0.4, 0.5) is 15.9 Å². The number of nitrogens with zero attached hydrogens (tertiary/aromatic N) is 2. The first-order valence-corrected chi connectivity index (χ1v) is 5.47. The van der Waals surface area contributed by atoms with Crippen molar-refractivity contribution in [1.82, 2.24) is 9.97 Å². The molecule has 0 spiro atoms. The maximum atomic E-state index is 12.7. The molecule has 1 aromatic heterocycles. The Balaban J connectivity index is 2.30. The number of halogens is 2. The third-order valence-electron chi connectivity index (χ3n) is 2.37. The van der Waals surface area contributed by atoms with Crippen LogP contribution in [0.2, 0.25) is 5.15 Å². The van der Waals surface area contributed by atoms with Gasteiger partial charge in [-0.25, -0.2) is 14.4 Å². The summed E-state index contributed by atoms with van der Waals surface area (Å²) < 4.78 is 12.7. The van der Waals surface area contributed by atoms with Gasteiger partial charge in [-0.1, -0.05) is 11.6 Å². The van der Waals surface area contributed by atoms with Crippen molar-refractivity contribution in [2.45, 2.75) is 13.8 Å². The molecule has 0 aliphatic rings. The molecule has 17 heavy (non-hydrogen) atoms. The zero-order valence-electron chi connectivity index (χ0n) is 9.46. The van der Waals surface area contributed by atoms with E-state index in [2.05, 4.69) is 15.3 Å². The first-order valence-electron chi connectivity index (χ1n) is 5.09. The van der Waals surface area contributed by atoms with E-state index < -0.39 is 0 Å². The Morgan fingerprint density at radius 3 is 2.29 bits per heavy atom. The highest BCUT2D eigenvalue weighted by Crippen LogP contribution is 2.22. The molecule has 5 heteroatoms. The summed E-state index contributed by atoms with van der Waals surface area (Å²) in [7, 11) is 0. The molecule has 0 amide bonds. The number of anilines is 2. The molecule has 0 aliphatic carbocycles. The maximum Gasteiger partial charge on any atom is 0.172 e. The minimum absolute atomic E-state index is 0.284. The summed E-state index contributed by atoms with van der Waals surface area (Å²) >= 11 is 5.97. The SMILES string of the molecule is Cc1nc(Cl)c(Nc2ccc(F)cc2)nc1C. The van der Waals surface area contributed by atoms with Crippen molar-refractivity contribution in [3.63, 3.8) is 0 Å². The fraction of sp³-hybridized carbons (Fsp3) is 0.167. The summed E-state index contributed by atoms with van der Waals surface area (Å²) in [6, 6.07) is 5.96. The zero-order chi connectivity index (χ0) is 12.4. The predicted molar refractivity (Wildman–Crippen MR) is 66.2 cm³/mol. The summed E-state index contributed by atoms with van der Waals surface area (Å²) in [4.78, 5) is 8.44. The topological polar surface area (TPSA) is 37.8 Å². The number of benzene rings is 1. The van der Waals surface area contributed by atoms with Crippen LogP contribution in [-0.4, -0.2) is 9.97 Å². The Hall–Kier alpha value is -1.68. The lowest BCUT2D eigenvalue weighted by Crippen LogP contribution is -2.00. The Kier molecular flexibility index (Phi) is 3.24. The van der Waals surface area contributed by atoms with E-state index in [1.807, 2.05) is 13.8 Å². The van der Waals surface area contributed by atoms with Crippen molar-refractivity contribution < 1.29 is 4.39 Å². The van der Waals surface area contributed by atoms with Gasteiger partial charge in [0.25, 0.3) is 0 Å². The molecule has 1 heterocycles. The van der Waals surface area contributed by atoms with E-state index in [0.717, 1.165) is 11.4 Å². The average Bonchev–Trinajstić information content (AvgIpc) is 2.29. The van der Waals surface area contributed by atoms with Gasteiger partial charge in [-0.2, -0.15) is 0 Å². The normalized spacial score (nSPS) is 10.4. The van der Waals surface area contributed by atoms with Crippen molar-refractivity contribution in [2.24, 2.45) is 0 Å². The van der Waals surface area contributed by atoms with E-state index in [0.29, 0.717) is 16.7 Å². The number of rotatable bonds is 2. The van der Waals surface area contributed by atoms with Crippen molar-refractivity contribution in [1.29, 1.82) is 0 Å². The molecule has 0 atom stereocenters. The second kappa shape index (κ2) is 4.67. The molecule has 2 rings (SSSR count). The third-order valence-corrected chi connectivity index (χ3v) is 2.63. The van der Waals surface area contributed by atoms with E-state index in [9.17, 15) is 4.39 Å². The van der Waals surface area contributed by atoms with Crippen LogP contribution in [0, 0.1) is 19.7 Å². The lowest BCUT2D eigenvalue weighted by atomic mass is 10.3. The minimum atomic E-state index is -0.284. The first kappa shape index (κ1) is 11.8. The molecule has 3 nitrogen and oxygen atoms in total. The largest absolute Gasteiger partial charge is 0.338 e. The molecule has 0 saturated heterocycles. The second-order valence-electron chi connectivity index (χ2n) is 3.67. The number of hydrogen-bond acceptors (Lipinski definition) is 3. The molecule has 0 fully saturated rings. The van der Waals surface area contributed by atoms with E-state index in [1.165, 1.54) is 12.1 Å². The monoisotopic (exact) mass is 251 g/mol. The Bertz CT molecular complexity index is 540. The van der Waals surface area contributed by atoms with Gasteiger partial charge in [0.05, 0.1) is 11.4 Å². The fourth-order valence-electron chi connectivity index (χ4n) is 1.33. The summed E-state index contributed by atoms with van der Waals surface area (Å²) in [5.41, 5.74) is 2.31. The van der Waals surface area contributed by atoms with E-state index >= 15 is 0 Å². The van der Waals surface area contributed by atoms with Crippen molar-refractivity contribution >= 4 is 23.1 Å². The molecule has 0 radical (unpaired) electrons. The quantitative estimate of drug-likeness (QED) is 0.886. The molecule has 1 N–H and O–H groups in total. The van der Waals surface area contributed by atoms with Crippen LogP contribution in [-0.2, 0) is 0 Å². The van der Waals surface area contributed by atoms with Crippen LogP contribution in [0.25, 0.3) is 0 Å². The smallest absolute Gasteiger partial charge is 0.172 e. The summed E-state index contributed by atoms with van der Waals surface area (Å²) in [6.07, 6.45) is 0. The Morgan fingerprint density at radius 2 is 1.65 bits per heavy atom. The van der Waals surface area contributed by atoms with Crippen LogP contribution in [0.5, 0.6) is 0 Å². The van der Waals surface area contributed by atoms with Gasteiger partial charge in [0.15, 0.2) is 11.0 Å². The van der Waals surface area contributed by atoms with Crippen LogP contribution in [0.1, 0.15) is 11.4 Å². The lowest BCUT2D eigenvalue weighted by Gasteiger charge is -2.09. The highest BCUT2D eigenvalue weighted by atomic mass is 35.5. The highest BCUT2D eigenvalue weighted by Gasteiger charge is 2.07. The van der Waals surface area contributed by atoms with Crippen molar-refractivity contribution in [3.05, 3.63) is 46.6 Å². The van der Waals surface area contributed by atoms with Gasteiger partial charge in [0.2, 0.25) is 0 Å². The van der Waals surface area contributed by atoms with Gasteiger partial charge < -0.3 is 5.32 Å². The average molecular weight is 252 g/mol. The maximum absolute atomic E-state index is 12.7. The van der Waals surface area contributed by atoms with Gasteiger partial charge in [0.1, 0.15) is 5.82 Å². The third kappa shape index (κ3) is 2.71. The molecule has 2 aromatic rings. The number of nitrogens with one attached hydrogen (secondary N) is 1. The van der Waals surface area contributed by atoms with Gasteiger partial charge >= 0.3 is 0 Å². The zero-order valence-corrected chi connectivity index (χ0v) is 10.2. The van der Waals surface area contributed by atoms with Crippen molar-refractivity contribution in [2.75, 3.05) is 5.32 Å². The molecule has 0 saturated carbocycles. The molecule has 0 aliphatic heterocycles. The molecular weight excluding hydrogens is 241 g/mol. The van der Waals surface area contributed by atoms with Gasteiger partial charge in [-0.3, -0.25) is 0 Å². The van der Waals surface area contributed by atoms with E-state index in [4.69, 9.17) is 11.6 Å². The molecule has 0 unspecified atom stereocenters. The Morgan fingerprint density at radius 1 is 1.06 bits per heavy atom. The minimum Gasteiger partial charge on any atom is -0.338 e. The van der Waals surface area contributed by atoms with Gasteiger partial charge in [-0.15, -0.1) is 0 Å². The predicted octanol–water partition coefficient (Wildman–Crippen LogP) is 3.63. The lowest BCUT2D eigenvalue weighted by molar-refractivity contribution is 0.628. The fourth-order valence-corrected chi connectivity index (χ4v) is 1.54. The van der Waals surface area contributed by atoms with Crippen LogP contribution >= 0.6 is 11.6 Å². The van der Waals surface area contributed by atoms with E-state index in [1.54, 1.807) is 12.1 Å². The van der Waals surface area contributed by atoms with Crippen LogP contribution in [0.15, 0.2) is 24.3 Å². The standard InChI is InChI=1S/C12H11ClFN3/c1-7-8(2)16-12(11(13)15-7)17-10-5-3-9(14)4-6-10/h3-6H,1-2H3,(H,16,17). The van der Waals surface area contributed by atoms with Crippen LogP contribution < -0.4 is 5.32 Å². The summed E-state index contributed by atoms with van der Waals surface area (Å²) in [5.74, 6) is 0.189. The second-order valence-corrected chi connectivity index (χ2v) is 4.02. The highest BCUT2D eigenvalue weighted by molar-refractivity contribution is 6.31. The molecule has 0 bridgehead atoms. The summed E-state index contributed by atoms with van der Waals surface area (Å²) in [5, 5.41) is 3.30. The first-order chi connectivity index (χ1) is 8.06. The van der Waals surface area contributed by atoms with Crippen molar-refractivity contribution in [3.8, 4) is 0 Å². The molecule has 1 aromatic carbocycles. The number of aryl methyl sites for hydroxylation is 2. The summed E-state index contributed by atoms with van der Waals surface area (Å²) in [6.45, 7) is 3.70. The molecule has 88 valence electrons. The number of aromatic nitrogens is 2.